The Labute approximate surface area is 107 Å². The predicted molar refractivity (Wildman–Crippen MR) is 67.1 cm³/mol. The zero-order valence-electron chi connectivity index (χ0n) is 11.3. The van der Waals surface area contributed by atoms with Crippen molar-refractivity contribution in [2.45, 2.75) is 45.4 Å². The van der Waals surface area contributed by atoms with E-state index in [0.717, 1.165) is 13.1 Å². The summed E-state index contributed by atoms with van der Waals surface area (Å²) in [7, 11) is 0. The van der Waals surface area contributed by atoms with E-state index in [9.17, 15) is 0 Å². The van der Waals surface area contributed by atoms with E-state index in [2.05, 4.69) is 28.9 Å². The van der Waals surface area contributed by atoms with Gasteiger partial charge in [-0.3, -0.25) is 4.90 Å². The lowest BCUT2D eigenvalue weighted by Crippen LogP contribution is -2.42. The van der Waals surface area contributed by atoms with Crippen LogP contribution < -0.4 is 5.73 Å². The van der Waals surface area contributed by atoms with E-state index in [1.54, 1.807) is 0 Å². The highest BCUT2D eigenvalue weighted by molar-refractivity contribution is 4.95. The van der Waals surface area contributed by atoms with Crippen molar-refractivity contribution in [2.75, 3.05) is 19.7 Å². The van der Waals surface area contributed by atoms with Gasteiger partial charge in [0, 0.05) is 31.6 Å². The van der Waals surface area contributed by atoms with Gasteiger partial charge in [-0.25, -0.2) is 0 Å². The number of nitrogens with two attached hydrogens (primary N) is 1. The molecular formula is C12H22N4O2. The lowest BCUT2D eigenvalue weighted by molar-refractivity contribution is -0.0450. The molecule has 0 spiro atoms. The zero-order chi connectivity index (χ0) is 13.1. The van der Waals surface area contributed by atoms with Gasteiger partial charge in [-0.15, -0.1) is 0 Å². The van der Waals surface area contributed by atoms with Crippen LogP contribution in [-0.4, -0.2) is 46.8 Å². The molecule has 102 valence electrons. The van der Waals surface area contributed by atoms with Gasteiger partial charge in [0.1, 0.15) is 6.10 Å². The molecule has 0 aromatic carbocycles. The molecule has 1 fully saturated rings. The third kappa shape index (κ3) is 3.28. The van der Waals surface area contributed by atoms with Gasteiger partial charge in [0.15, 0.2) is 0 Å². The van der Waals surface area contributed by atoms with Gasteiger partial charge in [0.25, 0.3) is 0 Å². The molecular weight excluding hydrogens is 232 g/mol. The van der Waals surface area contributed by atoms with Crippen molar-refractivity contribution in [2.24, 2.45) is 5.73 Å². The number of rotatable bonds is 4. The molecule has 6 heteroatoms. The van der Waals surface area contributed by atoms with Gasteiger partial charge in [-0.2, -0.15) is 4.98 Å². The van der Waals surface area contributed by atoms with Crippen molar-refractivity contribution in [1.29, 1.82) is 0 Å². The summed E-state index contributed by atoms with van der Waals surface area (Å²) in [6.45, 7) is 8.76. The van der Waals surface area contributed by atoms with Gasteiger partial charge in [0.05, 0.1) is 6.61 Å². The van der Waals surface area contributed by atoms with E-state index in [4.69, 9.17) is 15.0 Å². The maximum Gasteiger partial charge on any atom is 0.228 e. The number of ether oxygens (including phenoxy) is 1. The van der Waals surface area contributed by atoms with E-state index in [1.807, 2.05) is 6.92 Å². The molecule has 1 aliphatic heterocycles. The smallest absolute Gasteiger partial charge is 0.228 e. The molecule has 1 saturated heterocycles. The monoisotopic (exact) mass is 254 g/mol. The molecule has 2 heterocycles. The maximum absolute atomic E-state index is 5.71. The lowest BCUT2D eigenvalue weighted by Gasteiger charge is -2.34. The fourth-order valence-corrected chi connectivity index (χ4v) is 2.05. The Balaban J connectivity index is 2.00. The number of nitrogens with zero attached hydrogens (tertiary/aromatic N) is 3. The summed E-state index contributed by atoms with van der Waals surface area (Å²) in [6.07, 6.45) is 0.514. The van der Waals surface area contributed by atoms with E-state index in [1.165, 1.54) is 0 Å². The minimum Gasteiger partial charge on any atom is -0.367 e. The molecule has 0 aliphatic carbocycles. The molecule has 2 atom stereocenters. The van der Waals surface area contributed by atoms with E-state index in [0.29, 0.717) is 30.8 Å². The van der Waals surface area contributed by atoms with Crippen LogP contribution in [0.25, 0.3) is 0 Å². The van der Waals surface area contributed by atoms with Gasteiger partial charge in [0.2, 0.25) is 11.7 Å². The number of morpholine rings is 1. The van der Waals surface area contributed by atoms with Crippen LogP contribution in [0.4, 0.5) is 0 Å². The minimum absolute atomic E-state index is 0.0257. The van der Waals surface area contributed by atoms with Crippen molar-refractivity contribution >= 4 is 0 Å². The summed E-state index contributed by atoms with van der Waals surface area (Å²) >= 11 is 0. The van der Waals surface area contributed by atoms with E-state index in [-0.39, 0.29) is 12.1 Å². The Hall–Kier alpha value is -0.980. The fraction of sp³-hybridized carbons (Fsp3) is 0.833. The second kappa shape index (κ2) is 5.77. The van der Waals surface area contributed by atoms with Crippen molar-refractivity contribution in [3.63, 3.8) is 0 Å². The third-order valence-corrected chi connectivity index (χ3v) is 3.10. The first kappa shape index (κ1) is 13.5. The Morgan fingerprint density at radius 2 is 2.22 bits per heavy atom. The van der Waals surface area contributed by atoms with Gasteiger partial charge in [-0.1, -0.05) is 5.16 Å². The molecule has 2 N–H and O–H groups in total. The standard InChI is InChI=1S/C12H22N4O2/c1-8(2)16-4-5-17-10(7-16)12-14-11(18-15-12)6-9(3)13/h8-10H,4-7,13H2,1-3H3. The highest BCUT2D eigenvalue weighted by Crippen LogP contribution is 2.21. The molecule has 0 amide bonds. The Bertz CT molecular complexity index is 378. The SMILES string of the molecule is CC(N)Cc1nc(C2CN(C(C)C)CCO2)no1. The highest BCUT2D eigenvalue weighted by atomic mass is 16.5. The summed E-state index contributed by atoms with van der Waals surface area (Å²) < 4.78 is 10.9. The molecule has 0 radical (unpaired) electrons. The molecule has 1 aliphatic rings. The molecule has 2 unspecified atom stereocenters. The first-order valence-corrected chi connectivity index (χ1v) is 6.50. The maximum atomic E-state index is 5.71. The van der Waals surface area contributed by atoms with E-state index >= 15 is 0 Å². The average molecular weight is 254 g/mol. The number of hydrogen-bond acceptors (Lipinski definition) is 6. The molecule has 2 rings (SSSR count). The van der Waals surface area contributed by atoms with Crippen LogP contribution in [0, 0.1) is 0 Å². The second-order valence-electron chi connectivity index (χ2n) is 5.18. The van der Waals surface area contributed by atoms with Crippen LogP contribution >= 0.6 is 0 Å². The average Bonchev–Trinajstić information content (AvgIpc) is 2.77. The summed E-state index contributed by atoms with van der Waals surface area (Å²) in [5.41, 5.74) is 5.71. The molecule has 1 aromatic rings. The second-order valence-corrected chi connectivity index (χ2v) is 5.18. The van der Waals surface area contributed by atoms with Crippen LogP contribution in [0.1, 0.15) is 38.6 Å². The van der Waals surface area contributed by atoms with Gasteiger partial charge < -0.3 is 15.0 Å². The zero-order valence-corrected chi connectivity index (χ0v) is 11.3. The largest absolute Gasteiger partial charge is 0.367 e. The molecule has 18 heavy (non-hydrogen) atoms. The summed E-state index contributed by atoms with van der Waals surface area (Å²) in [5, 5.41) is 3.99. The highest BCUT2D eigenvalue weighted by Gasteiger charge is 2.27. The Kier molecular flexibility index (Phi) is 4.31. The topological polar surface area (TPSA) is 77.4 Å². The first-order chi connectivity index (χ1) is 8.56. The van der Waals surface area contributed by atoms with Crippen LogP contribution in [-0.2, 0) is 11.2 Å². The van der Waals surface area contributed by atoms with Crippen LogP contribution in [0.15, 0.2) is 4.52 Å². The van der Waals surface area contributed by atoms with E-state index < -0.39 is 0 Å². The number of hydrogen-bond donors (Lipinski definition) is 1. The molecule has 1 aromatic heterocycles. The van der Waals surface area contributed by atoms with Crippen molar-refractivity contribution in [3.05, 3.63) is 11.7 Å². The summed E-state index contributed by atoms with van der Waals surface area (Å²) in [6, 6.07) is 0.532. The first-order valence-electron chi connectivity index (χ1n) is 6.50. The normalized spacial score (nSPS) is 23.5. The quantitative estimate of drug-likeness (QED) is 0.854. The molecule has 6 nitrogen and oxygen atoms in total. The fourth-order valence-electron chi connectivity index (χ4n) is 2.05. The number of aromatic nitrogens is 2. The predicted octanol–water partition coefficient (Wildman–Crippen LogP) is 0.741. The van der Waals surface area contributed by atoms with Crippen LogP contribution in [0.3, 0.4) is 0 Å². The summed E-state index contributed by atoms with van der Waals surface area (Å²) in [5.74, 6) is 1.22. The Morgan fingerprint density at radius 3 is 2.89 bits per heavy atom. The van der Waals surface area contributed by atoms with Gasteiger partial charge >= 0.3 is 0 Å². The third-order valence-electron chi connectivity index (χ3n) is 3.10. The molecule has 0 saturated carbocycles. The van der Waals surface area contributed by atoms with Crippen LogP contribution in [0.5, 0.6) is 0 Å². The summed E-state index contributed by atoms with van der Waals surface area (Å²) in [4.78, 5) is 6.72. The molecule has 0 bridgehead atoms. The lowest BCUT2D eigenvalue weighted by atomic mass is 10.2. The minimum atomic E-state index is -0.0910. The van der Waals surface area contributed by atoms with Crippen LogP contribution in [0.2, 0.25) is 0 Å². The Morgan fingerprint density at radius 1 is 1.44 bits per heavy atom. The van der Waals surface area contributed by atoms with Crippen molar-refractivity contribution < 1.29 is 9.26 Å². The van der Waals surface area contributed by atoms with Gasteiger partial charge in [-0.05, 0) is 20.8 Å². The van der Waals surface area contributed by atoms with Crippen molar-refractivity contribution in [3.8, 4) is 0 Å². The van der Waals surface area contributed by atoms with Crippen molar-refractivity contribution in [1.82, 2.24) is 15.0 Å².